The van der Waals surface area contributed by atoms with Crippen LogP contribution in [0.2, 0.25) is 0 Å². The van der Waals surface area contributed by atoms with Crippen molar-refractivity contribution in [3.05, 3.63) is 65.5 Å². The van der Waals surface area contributed by atoms with Gasteiger partial charge in [-0.1, -0.05) is 17.3 Å². The molecule has 0 radical (unpaired) electrons. The quantitative estimate of drug-likeness (QED) is 0.673. The minimum absolute atomic E-state index is 0.196. The predicted molar refractivity (Wildman–Crippen MR) is 89.8 cm³/mol. The maximum atomic E-state index is 12.6. The Labute approximate surface area is 152 Å². The highest BCUT2D eigenvalue weighted by atomic mass is 19.4. The molecule has 9 heteroatoms. The highest BCUT2D eigenvalue weighted by molar-refractivity contribution is 5.89. The highest BCUT2D eigenvalue weighted by Gasteiger charge is 2.30. The molecule has 0 fully saturated rings. The van der Waals surface area contributed by atoms with E-state index in [-0.39, 0.29) is 18.3 Å². The van der Waals surface area contributed by atoms with Crippen LogP contribution in [0.4, 0.5) is 18.9 Å². The lowest BCUT2D eigenvalue weighted by atomic mass is 10.1. The Morgan fingerprint density at radius 2 is 1.78 bits per heavy atom. The molecule has 27 heavy (non-hydrogen) atoms. The lowest BCUT2D eigenvalue weighted by molar-refractivity contribution is -0.137. The molecule has 0 unspecified atom stereocenters. The van der Waals surface area contributed by atoms with Crippen LogP contribution in [0, 0.1) is 0 Å². The molecular formula is C18H14F3N3O3. The number of nitrogens with zero attached hydrogens (tertiary/aromatic N) is 2. The van der Waals surface area contributed by atoms with Crippen LogP contribution in [0.3, 0.4) is 0 Å². The summed E-state index contributed by atoms with van der Waals surface area (Å²) in [4.78, 5) is 15.5. The van der Waals surface area contributed by atoms with Gasteiger partial charge in [0.1, 0.15) is 0 Å². The minimum atomic E-state index is -4.39. The van der Waals surface area contributed by atoms with Crippen molar-refractivity contribution < 1.29 is 27.2 Å². The average Bonchev–Trinajstić information content (AvgIpc) is 3.14. The molecule has 0 bridgehead atoms. The second kappa shape index (κ2) is 7.48. The van der Waals surface area contributed by atoms with Crippen molar-refractivity contribution in [3.63, 3.8) is 0 Å². The Morgan fingerprint density at radius 1 is 1.11 bits per heavy atom. The summed E-state index contributed by atoms with van der Waals surface area (Å²) in [7, 11) is 1.30. The fourth-order valence-corrected chi connectivity index (χ4v) is 2.27. The summed E-state index contributed by atoms with van der Waals surface area (Å²) in [6, 6.07) is 11.1. The number of aromatic nitrogens is 2. The van der Waals surface area contributed by atoms with Crippen LogP contribution < -0.4 is 5.32 Å². The van der Waals surface area contributed by atoms with Gasteiger partial charge < -0.3 is 14.6 Å². The van der Waals surface area contributed by atoms with Gasteiger partial charge in [0.2, 0.25) is 11.7 Å². The number of ether oxygens (including phenoxy) is 1. The zero-order chi connectivity index (χ0) is 19.4. The number of rotatable bonds is 5. The van der Waals surface area contributed by atoms with Crippen molar-refractivity contribution in [2.75, 3.05) is 12.4 Å². The number of anilines is 1. The molecule has 0 aliphatic heterocycles. The predicted octanol–water partition coefficient (Wildman–Crippen LogP) is 4.15. The standard InChI is InChI=1S/C18H14F3N3O3/c1-26-17(25)12-4-8-14(9-5-12)22-10-15-23-16(24-27-15)11-2-6-13(7-3-11)18(19,20)21/h2-9,22H,10H2,1H3. The molecule has 0 amide bonds. The fourth-order valence-electron chi connectivity index (χ4n) is 2.27. The second-order valence-corrected chi connectivity index (χ2v) is 5.51. The van der Waals surface area contributed by atoms with E-state index in [0.717, 1.165) is 17.8 Å². The van der Waals surface area contributed by atoms with E-state index < -0.39 is 17.7 Å². The molecule has 3 aromatic rings. The van der Waals surface area contributed by atoms with Crippen molar-refractivity contribution in [2.45, 2.75) is 12.7 Å². The molecule has 0 spiro atoms. The van der Waals surface area contributed by atoms with Gasteiger partial charge in [0.15, 0.2) is 0 Å². The molecule has 0 saturated heterocycles. The molecule has 1 aromatic heterocycles. The topological polar surface area (TPSA) is 77.2 Å². The number of hydrogen-bond acceptors (Lipinski definition) is 6. The van der Waals surface area contributed by atoms with Crippen LogP contribution in [0.25, 0.3) is 11.4 Å². The Kier molecular flexibility index (Phi) is 5.11. The van der Waals surface area contributed by atoms with Gasteiger partial charge in [0, 0.05) is 11.3 Å². The Balaban J connectivity index is 1.63. The third-order valence-electron chi connectivity index (χ3n) is 3.69. The molecule has 0 atom stereocenters. The summed E-state index contributed by atoms with van der Waals surface area (Å²) in [5.41, 5.74) is 0.815. The lowest BCUT2D eigenvalue weighted by Crippen LogP contribution is -2.04. The first kappa shape index (κ1) is 18.4. The van der Waals surface area contributed by atoms with E-state index >= 15 is 0 Å². The molecule has 6 nitrogen and oxygen atoms in total. The van der Waals surface area contributed by atoms with E-state index in [9.17, 15) is 18.0 Å². The van der Waals surface area contributed by atoms with Crippen LogP contribution in [0.1, 0.15) is 21.8 Å². The molecule has 3 rings (SSSR count). The lowest BCUT2D eigenvalue weighted by Gasteiger charge is -2.05. The number of carbonyl (C=O) groups is 1. The number of benzene rings is 2. The van der Waals surface area contributed by atoms with E-state index in [4.69, 9.17) is 4.52 Å². The van der Waals surface area contributed by atoms with Crippen LogP contribution in [-0.2, 0) is 17.5 Å². The molecule has 2 aromatic carbocycles. The molecule has 1 N–H and O–H groups in total. The SMILES string of the molecule is COC(=O)c1ccc(NCc2nc(-c3ccc(C(F)(F)F)cc3)no2)cc1. The summed E-state index contributed by atoms with van der Waals surface area (Å²) in [6.45, 7) is 0.213. The summed E-state index contributed by atoms with van der Waals surface area (Å²) >= 11 is 0. The van der Waals surface area contributed by atoms with Gasteiger partial charge in [-0.3, -0.25) is 0 Å². The molecule has 0 aliphatic carbocycles. The van der Waals surface area contributed by atoms with Crippen molar-refractivity contribution in [1.82, 2.24) is 10.1 Å². The zero-order valence-electron chi connectivity index (χ0n) is 14.1. The Bertz CT molecular complexity index is 920. The van der Waals surface area contributed by atoms with Crippen LogP contribution in [-0.4, -0.2) is 23.2 Å². The summed E-state index contributed by atoms with van der Waals surface area (Å²) < 4.78 is 47.5. The number of halogens is 3. The first-order valence-corrected chi connectivity index (χ1v) is 7.79. The number of nitrogens with one attached hydrogen (secondary N) is 1. The van der Waals surface area contributed by atoms with Gasteiger partial charge in [-0.2, -0.15) is 18.2 Å². The van der Waals surface area contributed by atoms with Gasteiger partial charge in [-0.15, -0.1) is 0 Å². The number of alkyl halides is 3. The maximum absolute atomic E-state index is 12.6. The highest BCUT2D eigenvalue weighted by Crippen LogP contribution is 2.30. The van der Waals surface area contributed by atoms with Gasteiger partial charge in [0.25, 0.3) is 0 Å². The first-order chi connectivity index (χ1) is 12.9. The monoisotopic (exact) mass is 377 g/mol. The summed E-state index contributed by atoms with van der Waals surface area (Å²) in [6.07, 6.45) is -4.39. The number of methoxy groups -OCH3 is 1. The van der Waals surface area contributed by atoms with E-state index in [1.807, 2.05) is 0 Å². The Hall–Kier alpha value is -3.36. The first-order valence-electron chi connectivity index (χ1n) is 7.79. The Morgan fingerprint density at radius 3 is 2.37 bits per heavy atom. The molecule has 1 heterocycles. The normalized spacial score (nSPS) is 11.3. The number of carbonyl (C=O) groups excluding carboxylic acids is 1. The second-order valence-electron chi connectivity index (χ2n) is 5.51. The number of esters is 1. The maximum Gasteiger partial charge on any atom is 0.416 e. The third-order valence-corrected chi connectivity index (χ3v) is 3.69. The van der Waals surface area contributed by atoms with Crippen molar-refractivity contribution in [3.8, 4) is 11.4 Å². The third kappa shape index (κ3) is 4.43. The minimum Gasteiger partial charge on any atom is -0.465 e. The summed E-state index contributed by atoms with van der Waals surface area (Å²) in [5, 5.41) is 6.81. The van der Waals surface area contributed by atoms with Gasteiger partial charge in [-0.25, -0.2) is 4.79 Å². The molecule has 0 aliphatic rings. The van der Waals surface area contributed by atoms with Crippen molar-refractivity contribution >= 4 is 11.7 Å². The van der Waals surface area contributed by atoms with Gasteiger partial charge >= 0.3 is 12.1 Å². The fraction of sp³-hybridized carbons (Fsp3) is 0.167. The van der Waals surface area contributed by atoms with Crippen LogP contribution in [0.5, 0.6) is 0 Å². The van der Waals surface area contributed by atoms with Crippen molar-refractivity contribution in [2.24, 2.45) is 0 Å². The smallest absolute Gasteiger partial charge is 0.416 e. The van der Waals surface area contributed by atoms with Gasteiger partial charge in [0.05, 0.1) is 24.8 Å². The molecule has 140 valence electrons. The zero-order valence-corrected chi connectivity index (χ0v) is 14.1. The average molecular weight is 377 g/mol. The van der Waals surface area contributed by atoms with Crippen molar-refractivity contribution in [1.29, 1.82) is 0 Å². The van der Waals surface area contributed by atoms with Gasteiger partial charge in [-0.05, 0) is 36.4 Å². The molecule has 0 saturated carbocycles. The van der Waals surface area contributed by atoms with Crippen LogP contribution >= 0.6 is 0 Å². The van der Waals surface area contributed by atoms with E-state index in [1.54, 1.807) is 24.3 Å². The summed E-state index contributed by atoms with van der Waals surface area (Å²) in [5.74, 6) is 0.0307. The van der Waals surface area contributed by atoms with E-state index in [2.05, 4.69) is 20.2 Å². The van der Waals surface area contributed by atoms with Crippen LogP contribution in [0.15, 0.2) is 53.1 Å². The molecular weight excluding hydrogens is 363 g/mol. The van der Waals surface area contributed by atoms with E-state index in [0.29, 0.717) is 11.1 Å². The largest absolute Gasteiger partial charge is 0.465 e. The number of hydrogen-bond donors (Lipinski definition) is 1. The van der Waals surface area contributed by atoms with E-state index in [1.165, 1.54) is 19.2 Å².